The summed E-state index contributed by atoms with van der Waals surface area (Å²) < 4.78 is 36.7. The summed E-state index contributed by atoms with van der Waals surface area (Å²) in [5.74, 6) is -1.53. The van der Waals surface area contributed by atoms with Gasteiger partial charge in [0, 0.05) is 10.0 Å². The van der Waals surface area contributed by atoms with Crippen LogP contribution in [0.5, 0.6) is 0 Å². The first kappa shape index (κ1) is 15.6. The molecule has 1 aromatic carbocycles. The Balaban J connectivity index is 2.54. The summed E-state index contributed by atoms with van der Waals surface area (Å²) in [4.78, 5) is 15.4. The predicted molar refractivity (Wildman–Crippen MR) is 75.3 cm³/mol. The molecule has 2 aromatic rings. The second-order valence-corrected chi connectivity index (χ2v) is 5.02. The first-order valence-corrected chi connectivity index (χ1v) is 6.96. The summed E-state index contributed by atoms with van der Waals surface area (Å²) >= 11 is 3.34. The van der Waals surface area contributed by atoms with E-state index in [0.717, 1.165) is 10.0 Å². The SMILES string of the molecule is CCOC(=O)c1oc(-c2cccc(Br)c2C)nc1C(F)F. The molecule has 1 heterocycles. The Bertz CT molecular complexity index is 670. The van der Waals surface area contributed by atoms with Gasteiger partial charge in [-0.3, -0.25) is 0 Å². The fraction of sp³-hybridized carbons (Fsp3) is 0.286. The van der Waals surface area contributed by atoms with Crippen molar-refractivity contribution in [3.63, 3.8) is 0 Å². The molecule has 0 atom stereocenters. The van der Waals surface area contributed by atoms with Crippen LogP contribution in [-0.4, -0.2) is 17.6 Å². The van der Waals surface area contributed by atoms with Crippen molar-refractivity contribution in [3.8, 4) is 11.5 Å². The number of nitrogens with zero attached hydrogens (tertiary/aromatic N) is 1. The van der Waals surface area contributed by atoms with Gasteiger partial charge >= 0.3 is 5.97 Å². The molecule has 0 aliphatic rings. The molecule has 0 spiro atoms. The third-order valence-corrected chi connectivity index (χ3v) is 3.68. The summed E-state index contributed by atoms with van der Waals surface area (Å²) in [7, 11) is 0. The van der Waals surface area contributed by atoms with E-state index in [4.69, 9.17) is 9.15 Å². The number of alkyl halides is 2. The number of rotatable bonds is 4. The van der Waals surface area contributed by atoms with Crippen LogP contribution in [0.2, 0.25) is 0 Å². The van der Waals surface area contributed by atoms with Crippen LogP contribution in [0, 0.1) is 6.92 Å². The Morgan fingerprint density at radius 3 is 2.81 bits per heavy atom. The molecule has 0 aliphatic heterocycles. The predicted octanol–water partition coefficient (Wildman–Crippen LogP) is 4.53. The molecule has 0 radical (unpaired) electrons. The van der Waals surface area contributed by atoms with Crippen molar-refractivity contribution in [1.29, 1.82) is 0 Å². The highest BCUT2D eigenvalue weighted by Crippen LogP contribution is 2.32. The molecule has 1 aromatic heterocycles. The minimum Gasteiger partial charge on any atom is -0.460 e. The third kappa shape index (κ3) is 3.12. The lowest BCUT2D eigenvalue weighted by Crippen LogP contribution is -2.06. The number of benzene rings is 1. The average molecular weight is 360 g/mol. The van der Waals surface area contributed by atoms with Gasteiger partial charge in [0.25, 0.3) is 6.43 Å². The summed E-state index contributed by atoms with van der Waals surface area (Å²) in [5.41, 5.74) is 0.597. The molecule has 0 saturated heterocycles. The van der Waals surface area contributed by atoms with E-state index in [0.29, 0.717) is 5.56 Å². The van der Waals surface area contributed by atoms with Gasteiger partial charge in [-0.1, -0.05) is 22.0 Å². The quantitative estimate of drug-likeness (QED) is 0.752. The molecule has 21 heavy (non-hydrogen) atoms. The first-order chi connectivity index (χ1) is 9.95. The van der Waals surface area contributed by atoms with Crippen LogP contribution in [0.15, 0.2) is 27.1 Å². The number of aromatic nitrogens is 1. The van der Waals surface area contributed by atoms with Gasteiger partial charge in [-0.25, -0.2) is 18.6 Å². The van der Waals surface area contributed by atoms with Crippen LogP contribution in [-0.2, 0) is 4.74 Å². The molecular formula is C14H12BrF2NO3. The van der Waals surface area contributed by atoms with Gasteiger partial charge in [0.1, 0.15) is 0 Å². The van der Waals surface area contributed by atoms with E-state index < -0.39 is 23.8 Å². The van der Waals surface area contributed by atoms with Gasteiger partial charge in [0.15, 0.2) is 5.69 Å². The monoisotopic (exact) mass is 359 g/mol. The Morgan fingerprint density at radius 1 is 1.48 bits per heavy atom. The third-order valence-electron chi connectivity index (χ3n) is 2.82. The molecule has 0 N–H and O–H groups in total. The molecule has 4 nitrogen and oxygen atoms in total. The largest absolute Gasteiger partial charge is 0.460 e. The normalized spacial score (nSPS) is 11.0. The molecule has 0 fully saturated rings. The highest BCUT2D eigenvalue weighted by molar-refractivity contribution is 9.10. The lowest BCUT2D eigenvalue weighted by molar-refractivity contribution is 0.0476. The fourth-order valence-electron chi connectivity index (χ4n) is 1.78. The van der Waals surface area contributed by atoms with Crippen LogP contribution in [0.4, 0.5) is 8.78 Å². The summed E-state index contributed by atoms with van der Waals surface area (Å²) in [6.07, 6.45) is -2.92. The van der Waals surface area contributed by atoms with Crippen LogP contribution in [0.3, 0.4) is 0 Å². The molecule has 2 rings (SSSR count). The molecule has 112 valence electrons. The van der Waals surface area contributed by atoms with Crippen LogP contribution >= 0.6 is 15.9 Å². The van der Waals surface area contributed by atoms with Crippen molar-refractivity contribution in [2.24, 2.45) is 0 Å². The van der Waals surface area contributed by atoms with E-state index in [9.17, 15) is 13.6 Å². The number of hydrogen-bond acceptors (Lipinski definition) is 4. The van der Waals surface area contributed by atoms with E-state index in [1.165, 1.54) is 0 Å². The Hall–Kier alpha value is -1.76. The van der Waals surface area contributed by atoms with Gasteiger partial charge in [-0.05, 0) is 31.5 Å². The highest BCUT2D eigenvalue weighted by Gasteiger charge is 2.28. The molecule has 0 bridgehead atoms. The number of ether oxygens (including phenoxy) is 1. The van der Waals surface area contributed by atoms with Crippen molar-refractivity contribution >= 4 is 21.9 Å². The average Bonchev–Trinajstić information content (AvgIpc) is 2.87. The van der Waals surface area contributed by atoms with Crippen LogP contribution in [0.1, 0.15) is 35.2 Å². The molecule has 0 saturated carbocycles. The first-order valence-electron chi connectivity index (χ1n) is 6.17. The van der Waals surface area contributed by atoms with Crippen LogP contribution in [0.25, 0.3) is 11.5 Å². The maximum atomic E-state index is 13.0. The van der Waals surface area contributed by atoms with Gasteiger partial charge in [-0.2, -0.15) is 0 Å². The lowest BCUT2D eigenvalue weighted by atomic mass is 10.1. The number of carbonyl (C=O) groups excluding carboxylic acids is 1. The maximum absolute atomic E-state index is 13.0. The van der Waals surface area contributed by atoms with Crippen molar-refractivity contribution in [2.75, 3.05) is 6.61 Å². The standard InChI is InChI=1S/C14H12BrF2NO3/c1-3-20-14(19)11-10(12(16)17)18-13(21-11)8-5-4-6-9(15)7(8)2/h4-6,12H,3H2,1-2H3. The second-order valence-electron chi connectivity index (χ2n) is 4.17. The van der Waals surface area contributed by atoms with E-state index in [2.05, 4.69) is 20.9 Å². The summed E-state index contributed by atoms with van der Waals surface area (Å²) in [6.45, 7) is 3.43. The van der Waals surface area contributed by atoms with Crippen LogP contribution < -0.4 is 0 Å². The van der Waals surface area contributed by atoms with Crippen molar-refractivity contribution < 1.29 is 22.7 Å². The summed E-state index contributed by atoms with van der Waals surface area (Å²) in [6, 6.07) is 5.21. The molecule has 0 aliphatic carbocycles. The van der Waals surface area contributed by atoms with Gasteiger partial charge in [0.05, 0.1) is 6.61 Å². The zero-order chi connectivity index (χ0) is 15.6. The van der Waals surface area contributed by atoms with Crippen molar-refractivity contribution in [2.45, 2.75) is 20.3 Å². The molecule has 7 heteroatoms. The van der Waals surface area contributed by atoms with E-state index >= 15 is 0 Å². The number of hydrogen-bond donors (Lipinski definition) is 0. The topological polar surface area (TPSA) is 52.3 Å². The van der Waals surface area contributed by atoms with Crippen molar-refractivity contribution in [3.05, 3.63) is 39.7 Å². The fourth-order valence-corrected chi connectivity index (χ4v) is 2.14. The highest BCUT2D eigenvalue weighted by atomic mass is 79.9. The smallest absolute Gasteiger partial charge is 0.376 e. The zero-order valence-corrected chi connectivity index (χ0v) is 12.9. The maximum Gasteiger partial charge on any atom is 0.376 e. The summed E-state index contributed by atoms with van der Waals surface area (Å²) in [5, 5.41) is 0. The minimum absolute atomic E-state index is 0.0350. The Labute approximate surface area is 128 Å². The number of halogens is 3. The van der Waals surface area contributed by atoms with E-state index in [-0.39, 0.29) is 12.5 Å². The second kappa shape index (κ2) is 6.34. The minimum atomic E-state index is -2.92. The van der Waals surface area contributed by atoms with Crippen molar-refractivity contribution in [1.82, 2.24) is 4.98 Å². The van der Waals surface area contributed by atoms with E-state index in [1.807, 2.05) is 6.07 Å². The van der Waals surface area contributed by atoms with E-state index in [1.54, 1.807) is 26.0 Å². The number of esters is 1. The Morgan fingerprint density at radius 2 is 2.19 bits per heavy atom. The molecular weight excluding hydrogens is 348 g/mol. The zero-order valence-electron chi connectivity index (χ0n) is 11.3. The molecule has 0 amide bonds. The number of oxazole rings is 1. The molecule has 0 unspecified atom stereocenters. The number of carbonyl (C=O) groups is 1. The van der Waals surface area contributed by atoms with Gasteiger partial charge in [-0.15, -0.1) is 0 Å². The lowest BCUT2D eigenvalue weighted by Gasteiger charge is -2.03. The Kier molecular flexibility index (Phi) is 4.72. The van der Waals surface area contributed by atoms with Gasteiger partial charge < -0.3 is 9.15 Å². The van der Waals surface area contributed by atoms with Gasteiger partial charge in [0.2, 0.25) is 11.7 Å².